The van der Waals surface area contributed by atoms with E-state index in [0.29, 0.717) is 16.8 Å². The lowest BCUT2D eigenvalue weighted by Gasteiger charge is -2.25. The van der Waals surface area contributed by atoms with Crippen molar-refractivity contribution < 1.29 is 14.9 Å². The van der Waals surface area contributed by atoms with Crippen LogP contribution in [-0.2, 0) is 0 Å². The average molecular weight is 381 g/mol. The van der Waals surface area contributed by atoms with Gasteiger partial charge in [-0.25, -0.2) is 0 Å². The van der Waals surface area contributed by atoms with Gasteiger partial charge in [0.15, 0.2) is 11.5 Å². The van der Waals surface area contributed by atoms with Crippen LogP contribution >= 0.6 is 28.3 Å². The van der Waals surface area contributed by atoms with Gasteiger partial charge in [-0.2, -0.15) is 0 Å². The van der Waals surface area contributed by atoms with Gasteiger partial charge in [-0.05, 0) is 59.3 Å². The van der Waals surface area contributed by atoms with Crippen LogP contribution < -0.4 is 10.5 Å². The molecular weight excluding hydrogens is 358 g/mol. The number of aromatic hydroxyl groups is 1. The van der Waals surface area contributed by atoms with Crippen LogP contribution in [0.5, 0.6) is 11.5 Å². The first-order valence-electron chi connectivity index (χ1n) is 7.13. The van der Waals surface area contributed by atoms with Gasteiger partial charge in [0.05, 0.1) is 23.2 Å². The van der Waals surface area contributed by atoms with Gasteiger partial charge in [0.25, 0.3) is 0 Å². The molecule has 1 aromatic rings. The molecule has 4 nitrogen and oxygen atoms in total. The van der Waals surface area contributed by atoms with E-state index < -0.39 is 12.1 Å². The fraction of sp³-hybridized carbons (Fsp3) is 0.600. The van der Waals surface area contributed by atoms with Gasteiger partial charge in [-0.15, -0.1) is 12.4 Å². The molecule has 0 amide bonds. The summed E-state index contributed by atoms with van der Waals surface area (Å²) in [5, 5.41) is 20.3. The minimum atomic E-state index is -0.552. The number of benzene rings is 1. The molecule has 120 valence electrons. The lowest BCUT2D eigenvalue weighted by molar-refractivity contribution is 0.0843. The third-order valence-electron chi connectivity index (χ3n) is 3.99. The molecule has 6 heteroatoms. The number of phenols is 1. The molecule has 0 aliphatic heterocycles. The van der Waals surface area contributed by atoms with Gasteiger partial charge in [0.2, 0.25) is 0 Å². The van der Waals surface area contributed by atoms with Crippen molar-refractivity contribution in [2.75, 3.05) is 6.61 Å². The molecule has 1 aliphatic rings. The molecule has 21 heavy (non-hydrogen) atoms. The molecule has 0 spiro atoms. The van der Waals surface area contributed by atoms with E-state index in [0.717, 1.165) is 31.2 Å². The van der Waals surface area contributed by atoms with Gasteiger partial charge < -0.3 is 20.7 Å². The van der Waals surface area contributed by atoms with Crippen molar-refractivity contribution in [3.63, 3.8) is 0 Å². The van der Waals surface area contributed by atoms with Crippen LogP contribution in [0.25, 0.3) is 0 Å². The first kappa shape index (κ1) is 18.6. The highest BCUT2D eigenvalue weighted by Gasteiger charge is 2.29. The van der Waals surface area contributed by atoms with Gasteiger partial charge in [-0.3, -0.25) is 0 Å². The van der Waals surface area contributed by atoms with Crippen molar-refractivity contribution in [1.82, 2.24) is 0 Å². The summed E-state index contributed by atoms with van der Waals surface area (Å²) in [5.74, 6) is 0.734. The number of nitrogens with two attached hydrogens (primary N) is 1. The number of halogens is 2. The number of aliphatic hydroxyl groups excluding tert-OH is 1. The summed E-state index contributed by atoms with van der Waals surface area (Å²) in [5.41, 5.74) is 6.97. The van der Waals surface area contributed by atoms with Gasteiger partial charge in [0.1, 0.15) is 0 Å². The van der Waals surface area contributed by atoms with Crippen LogP contribution in [0.4, 0.5) is 0 Å². The van der Waals surface area contributed by atoms with Crippen LogP contribution in [0.2, 0.25) is 0 Å². The molecule has 0 unspecified atom stereocenters. The van der Waals surface area contributed by atoms with Gasteiger partial charge >= 0.3 is 0 Å². The number of rotatable bonds is 5. The molecule has 0 radical (unpaired) electrons. The smallest absolute Gasteiger partial charge is 0.172 e. The lowest BCUT2D eigenvalue weighted by atomic mass is 9.91. The Labute approximate surface area is 140 Å². The summed E-state index contributed by atoms with van der Waals surface area (Å²) in [6.07, 6.45) is 3.85. The highest BCUT2D eigenvalue weighted by molar-refractivity contribution is 9.10. The normalized spacial score (nSPS) is 18.1. The third kappa shape index (κ3) is 4.25. The van der Waals surface area contributed by atoms with Crippen LogP contribution in [-0.4, -0.2) is 22.9 Å². The van der Waals surface area contributed by atoms with Gasteiger partial charge in [0, 0.05) is 0 Å². The largest absolute Gasteiger partial charge is 0.503 e. The Kier molecular flexibility index (Phi) is 7.27. The Morgan fingerprint density at radius 1 is 1.38 bits per heavy atom. The fourth-order valence-corrected chi connectivity index (χ4v) is 3.30. The SMILES string of the molecule is CCOc1cc([C@@H](N)[C@@H](O)C2CCCC2)cc(Br)c1O.Cl. The van der Waals surface area contributed by atoms with E-state index in [1.54, 1.807) is 12.1 Å². The van der Waals surface area contributed by atoms with Crippen molar-refractivity contribution in [3.05, 3.63) is 22.2 Å². The first-order valence-corrected chi connectivity index (χ1v) is 7.92. The quantitative estimate of drug-likeness (QED) is 0.730. The number of hydrogen-bond acceptors (Lipinski definition) is 4. The summed E-state index contributed by atoms with van der Waals surface area (Å²) in [6.45, 7) is 2.32. The second kappa shape index (κ2) is 8.22. The van der Waals surface area contributed by atoms with Crippen LogP contribution in [0.15, 0.2) is 16.6 Å². The summed E-state index contributed by atoms with van der Waals surface area (Å²) < 4.78 is 5.93. The maximum atomic E-state index is 10.4. The molecule has 2 rings (SSSR count). The maximum Gasteiger partial charge on any atom is 0.172 e. The standard InChI is InChI=1S/C15H22BrNO3.ClH/c1-2-20-12-8-10(7-11(16)15(12)19)13(17)14(18)9-5-3-4-6-9;/h7-9,13-14,18-19H,2-6,17H2,1H3;1H/t13-,14+;/m1./s1. The minimum Gasteiger partial charge on any atom is -0.503 e. The summed E-state index contributed by atoms with van der Waals surface area (Å²) in [4.78, 5) is 0. The Hall–Kier alpha value is -0.490. The molecule has 0 saturated heterocycles. The zero-order valence-electron chi connectivity index (χ0n) is 12.1. The van der Waals surface area contributed by atoms with Crippen molar-refractivity contribution in [2.45, 2.75) is 44.8 Å². The van der Waals surface area contributed by atoms with E-state index in [-0.39, 0.29) is 24.1 Å². The average Bonchev–Trinajstić information content (AvgIpc) is 2.96. The van der Waals surface area contributed by atoms with Gasteiger partial charge in [-0.1, -0.05) is 12.8 Å². The lowest BCUT2D eigenvalue weighted by Crippen LogP contribution is -2.32. The van der Waals surface area contributed by atoms with E-state index in [2.05, 4.69) is 15.9 Å². The van der Waals surface area contributed by atoms with E-state index in [1.807, 2.05) is 6.92 Å². The van der Waals surface area contributed by atoms with E-state index in [4.69, 9.17) is 10.5 Å². The van der Waals surface area contributed by atoms with Crippen LogP contribution in [0.3, 0.4) is 0 Å². The third-order valence-corrected chi connectivity index (χ3v) is 4.59. The predicted octanol–water partition coefficient (Wildman–Crippen LogP) is 3.53. The molecule has 1 aliphatic carbocycles. The van der Waals surface area contributed by atoms with Crippen molar-refractivity contribution in [1.29, 1.82) is 0 Å². The van der Waals surface area contributed by atoms with Crippen molar-refractivity contribution in [3.8, 4) is 11.5 Å². The number of aliphatic hydroxyl groups is 1. The summed E-state index contributed by atoms with van der Waals surface area (Å²) >= 11 is 3.30. The molecule has 1 fully saturated rings. The monoisotopic (exact) mass is 379 g/mol. The maximum absolute atomic E-state index is 10.4. The second-order valence-corrected chi connectivity index (χ2v) is 6.20. The molecule has 4 N–H and O–H groups in total. The number of hydrogen-bond donors (Lipinski definition) is 3. The summed E-state index contributed by atoms with van der Waals surface area (Å²) in [7, 11) is 0. The second-order valence-electron chi connectivity index (χ2n) is 5.34. The molecule has 0 bridgehead atoms. The number of phenolic OH excluding ortho intramolecular Hbond substituents is 1. The Morgan fingerprint density at radius 3 is 2.57 bits per heavy atom. The first-order chi connectivity index (χ1) is 9.54. The van der Waals surface area contributed by atoms with Crippen molar-refractivity contribution in [2.24, 2.45) is 11.7 Å². The highest BCUT2D eigenvalue weighted by atomic mass is 79.9. The molecular formula is C15H23BrClNO3. The van der Waals surface area contributed by atoms with E-state index in [1.165, 1.54) is 0 Å². The van der Waals surface area contributed by atoms with Crippen LogP contribution in [0, 0.1) is 5.92 Å². The Morgan fingerprint density at radius 2 is 2.00 bits per heavy atom. The molecule has 1 saturated carbocycles. The van der Waals surface area contributed by atoms with Crippen molar-refractivity contribution >= 4 is 28.3 Å². The molecule has 1 aromatic carbocycles. The zero-order valence-corrected chi connectivity index (χ0v) is 14.5. The highest BCUT2D eigenvalue weighted by Crippen LogP contribution is 2.39. The summed E-state index contributed by atoms with van der Waals surface area (Å²) in [6, 6.07) is 3.00. The molecule has 0 heterocycles. The topological polar surface area (TPSA) is 75.7 Å². The molecule has 0 aromatic heterocycles. The van der Waals surface area contributed by atoms with E-state index in [9.17, 15) is 10.2 Å². The van der Waals surface area contributed by atoms with Crippen LogP contribution in [0.1, 0.15) is 44.2 Å². The Balaban J connectivity index is 0.00000220. The number of ether oxygens (including phenoxy) is 1. The molecule has 2 atom stereocenters. The fourth-order valence-electron chi connectivity index (χ4n) is 2.84. The Bertz CT molecular complexity index is 466. The predicted molar refractivity (Wildman–Crippen MR) is 89.1 cm³/mol. The minimum absolute atomic E-state index is 0. The zero-order chi connectivity index (χ0) is 14.7. The van der Waals surface area contributed by atoms with E-state index >= 15 is 0 Å².